The second kappa shape index (κ2) is 9.71. The third kappa shape index (κ3) is 7.16. The van der Waals surface area contributed by atoms with Crippen LogP contribution >= 0.6 is 11.8 Å². The largest absolute Gasteiger partial charge is 0.497 e. The van der Waals surface area contributed by atoms with Gasteiger partial charge in [-0.2, -0.15) is 11.8 Å². The van der Waals surface area contributed by atoms with E-state index in [4.69, 9.17) is 4.74 Å². The van der Waals surface area contributed by atoms with E-state index in [-0.39, 0.29) is 4.75 Å². The maximum absolute atomic E-state index is 5.20. The number of ether oxygens (including phenoxy) is 1. The highest BCUT2D eigenvalue weighted by Crippen LogP contribution is 2.21. The molecule has 0 fully saturated rings. The summed E-state index contributed by atoms with van der Waals surface area (Å²) in [6, 6.07) is 8.31. The number of hydrogen-bond acceptors (Lipinski definition) is 3. The lowest BCUT2D eigenvalue weighted by Crippen LogP contribution is -2.43. The lowest BCUT2D eigenvalue weighted by atomic mass is 9.98. The first-order valence-electron chi connectivity index (χ1n) is 8.05. The third-order valence-electron chi connectivity index (χ3n) is 4.01. The number of aliphatic imine (C=N–C) groups is 1. The van der Waals surface area contributed by atoms with Gasteiger partial charge in [0.1, 0.15) is 5.75 Å². The molecule has 0 radical (unpaired) electrons. The van der Waals surface area contributed by atoms with Crippen molar-refractivity contribution in [2.75, 3.05) is 33.5 Å². The lowest BCUT2D eigenvalue weighted by Gasteiger charge is -2.24. The van der Waals surface area contributed by atoms with Crippen LogP contribution in [0, 0.1) is 0 Å². The number of rotatable bonds is 8. The van der Waals surface area contributed by atoms with E-state index in [1.165, 1.54) is 5.56 Å². The molecule has 1 aromatic rings. The molecule has 0 saturated carbocycles. The predicted molar refractivity (Wildman–Crippen MR) is 103 cm³/mol. The van der Waals surface area contributed by atoms with Gasteiger partial charge in [-0.05, 0) is 50.1 Å². The lowest BCUT2D eigenvalue weighted by molar-refractivity contribution is 0.414. The van der Waals surface area contributed by atoms with E-state index >= 15 is 0 Å². The summed E-state index contributed by atoms with van der Waals surface area (Å²) in [5.74, 6) is 2.27. The second-order valence-electron chi connectivity index (χ2n) is 6.28. The quantitative estimate of drug-likeness (QED) is 0.563. The van der Waals surface area contributed by atoms with Crippen molar-refractivity contribution in [3.8, 4) is 5.75 Å². The molecule has 1 atom stereocenters. The molecule has 2 N–H and O–H groups in total. The van der Waals surface area contributed by atoms with Crippen molar-refractivity contribution < 1.29 is 4.74 Å². The van der Waals surface area contributed by atoms with Gasteiger partial charge in [-0.15, -0.1) is 0 Å². The maximum Gasteiger partial charge on any atom is 0.191 e. The summed E-state index contributed by atoms with van der Waals surface area (Å²) >= 11 is 1.85. The molecule has 0 aliphatic rings. The summed E-state index contributed by atoms with van der Waals surface area (Å²) in [5, 5.41) is 6.78. The first-order valence-corrected chi connectivity index (χ1v) is 9.28. The highest BCUT2D eigenvalue weighted by molar-refractivity contribution is 7.99. The molecular weight excluding hydrogens is 306 g/mol. The van der Waals surface area contributed by atoms with Gasteiger partial charge < -0.3 is 15.4 Å². The van der Waals surface area contributed by atoms with Gasteiger partial charge >= 0.3 is 0 Å². The van der Waals surface area contributed by atoms with Crippen LogP contribution in [0.15, 0.2) is 29.3 Å². The summed E-state index contributed by atoms with van der Waals surface area (Å²) in [7, 11) is 3.51. The molecule has 0 aliphatic carbocycles. The average Bonchev–Trinajstić information content (AvgIpc) is 2.57. The standard InChI is InChI=1S/C18H31N3OS/c1-14(15-7-9-16(22-5)10-8-15)11-12-20-17(19-4)21-13-18(2,3)23-6/h7-10,14H,11-13H2,1-6H3,(H2,19,20,21). The Hall–Kier alpha value is -1.36. The summed E-state index contributed by atoms with van der Waals surface area (Å²) in [4.78, 5) is 4.29. The van der Waals surface area contributed by atoms with E-state index in [1.807, 2.05) is 30.9 Å². The van der Waals surface area contributed by atoms with Crippen molar-refractivity contribution in [1.29, 1.82) is 0 Å². The summed E-state index contributed by atoms with van der Waals surface area (Å²) in [6.45, 7) is 8.48. The van der Waals surface area contributed by atoms with Crippen molar-refractivity contribution in [3.63, 3.8) is 0 Å². The molecule has 0 spiro atoms. The first-order chi connectivity index (χ1) is 10.9. The van der Waals surface area contributed by atoms with Gasteiger partial charge in [-0.3, -0.25) is 4.99 Å². The first kappa shape index (κ1) is 19.7. The molecule has 23 heavy (non-hydrogen) atoms. The van der Waals surface area contributed by atoms with Gasteiger partial charge in [0.25, 0.3) is 0 Å². The zero-order chi connectivity index (χ0) is 17.3. The van der Waals surface area contributed by atoms with E-state index in [9.17, 15) is 0 Å². The van der Waals surface area contributed by atoms with Crippen LogP contribution in [-0.2, 0) is 0 Å². The zero-order valence-corrected chi connectivity index (χ0v) is 16.1. The van der Waals surface area contributed by atoms with Crippen molar-refractivity contribution >= 4 is 17.7 Å². The van der Waals surface area contributed by atoms with Crippen LogP contribution in [0.2, 0.25) is 0 Å². The molecule has 0 saturated heterocycles. The second-order valence-corrected chi connectivity index (χ2v) is 7.79. The van der Waals surface area contributed by atoms with Gasteiger partial charge in [-0.1, -0.05) is 19.1 Å². The van der Waals surface area contributed by atoms with E-state index in [2.05, 4.69) is 54.8 Å². The van der Waals surface area contributed by atoms with Crippen LogP contribution in [0.25, 0.3) is 0 Å². The molecule has 130 valence electrons. The zero-order valence-electron chi connectivity index (χ0n) is 15.3. The Labute approximate surface area is 145 Å². The Kier molecular flexibility index (Phi) is 8.31. The summed E-state index contributed by atoms with van der Waals surface area (Å²) in [5.41, 5.74) is 1.33. The van der Waals surface area contributed by atoms with E-state index in [0.717, 1.165) is 31.2 Å². The van der Waals surface area contributed by atoms with Gasteiger partial charge in [-0.25, -0.2) is 0 Å². The van der Waals surface area contributed by atoms with Crippen LogP contribution in [0.4, 0.5) is 0 Å². The maximum atomic E-state index is 5.20. The van der Waals surface area contributed by atoms with E-state index < -0.39 is 0 Å². The molecule has 1 aromatic carbocycles. The van der Waals surface area contributed by atoms with Gasteiger partial charge in [0, 0.05) is 24.9 Å². The monoisotopic (exact) mass is 337 g/mol. The number of thioether (sulfide) groups is 1. The van der Waals surface area contributed by atoms with Crippen LogP contribution in [0.1, 0.15) is 38.7 Å². The molecule has 5 heteroatoms. The summed E-state index contributed by atoms with van der Waals surface area (Å²) < 4.78 is 5.40. The SMILES string of the molecule is CN=C(NCCC(C)c1ccc(OC)cc1)NCC(C)(C)SC. The molecular formula is C18H31N3OS. The van der Waals surface area contributed by atoms with Crippen LogP contribution in [0.5, 0.6) is 5.75 Å². The van der Waals surface area contributed by atoms with E-state index in [1.54, 1.807) is 7.11 Å². The molecule has 0 heterocycles. The molecule has 1 rings (SSSR count). The number of nitrogens with one attached hydrogen (secondary N) is 2. The third-order valence-corrected chi connectivity index (χ3v) is 5.26. The Morgan fingerprint density at radius 2 is 1.91 bits per heavy atom. The number of methoxy groups -OCH3 is 1. The number of nitrogens with zero attached hydrogens (tertiary/aromatic N) is 1. The number of benzene rings is 1. The smallest absolute Gasteiger partial charge is 0.191 e. The predicted octanol–water partition coefficient (Wildman–Crippen LogP) is 3.50. The molecule has 1 unspecified atom stereocenters. The fraction of sp³-hybridized carbons (Fsp3) is 0.611. The molecule has 0 bridgehead atoms. The summed E-state index contributed by atoms with van der Waals surface area (Å²) in [6.07, 6.45) is 3.19. The number of guanidine groups is 1. The van der Waals surface area contributed by atoms with Crippen molar-refractivity contribution in [3.05, 3.63) is 29.8 Å². The minimum atomic E-state index is 0.202. The highest BCUT2D eigenvalue weighted by Gasteiger charge is 2.16. The Morgan fingerprint density at radius 1 is 1.26 bits per heavy atom. The number of hydrogen-bond donors (Lipinski definition) is 2. The van der Waals surface area contributed by atoms with Gasteiger partial charge in [0.2, 0.25) is 0 Å². The van der Waals surface area contributed by atoms with Crippen LogP contribution < -0.4 is 15.4 Å². The van der Waals surface area contributed by atoms with Crippen LogP contribution in [-0.4, -0.2) is 44.2 Å². The van der Waals surface area contributed by atoms with Crippen molar-refractivity contribution in [1.82, 2.24) is 10.6 Å². The van der Waals surface area contributed by atoms with Crippen molar-refractivity contribution in [2.45, 2.75) is 37.9 Å². The normalized spacial score (nSPS) is 13.6. The average molecular weight is 338 g/mol. The Balaban J connectivity index is 2.38. The van der Waals surface area contributed by atoms with Crippen molar-refractivity contribution in [2.24, 2.45) is 4.99 Å². The van der Waals surface area contributed by atoms with Crippen LogP contribution in [0.3, 0.4) is 0 Å². The topological polar surface area (TPSA) is 45.7 Å². The van der Waals surface area contributed by atoms with Gasteiger partial charge in [0.05, 0.1) is 7.11 Å². The van der Waals surface area contributed by atoms with Gasteiger partial charge in [0.15, 0.2) is 5.96 Å². The fourth-order valence-corrected chi connectivity index (χ4v) is 2.31. The minimum absolute atomic E-state index is 0.202. The molecule has 4 nitrogen and oxygen atoms in total. The highest BCUT2D eigenvalue weighted by atomic mass is 32.2. The minimum Gasteiger partial charge on any atom is -0.497 e. The molecule has 0 aromatic heterocycles. The molecule has 0 amide bonds. The molecule has 0 aliphatic heterocycles. The fourth-order valence-electron chi connectivity index (χ4n) is 2.10. The van der Waals surface area contributed by atoms with E-state index in [0.29, 0.717) is 5.92 Å². The Bertz CT molecular complexity index is 486. The Morgan fingerprint density at radius 3 is 2.43 bits per heavy atom.